The Hall–Kier alpha value is -2.85. The van der Waals surface area contributed by atoms with E-state index in [4.69, 9.17) is 15.3 Å². The van der Waals surface area contributed by atoms with Crippen LogP contribution in [0.25, 0.3) is 0 Å². The Bertz CT molecular complexity index is 1030. The molecule has 0 unspecified atom stereocenters. The summed E-state index contributed by atoms with van der Waals surface area (Å²) in [7, 11) is 1.63. The third kappa shape index (κ3) is 7.85. The monoisotopic (exact) mass is 548 g/mol. The van der Waals surface area contributed by atoms with Crippen molar-refractivity contribution in [3.63, 3.8) is 0 Å². The van der Waals surface area contributed by atoms with E-state index in [0.717, 1.165) is 5.01 Å². The normalized spacial score (nSPS) is 17.9. The Kier molecular flexibility index (Phi) is 9.40. The first kappa shape index (κ1) is 32.4. The molecule has 220 valence electrons. The predicted molar refractivity (Wildman–Crippen MR) is 151 cm³/mol. The molecule has 10 heteroatoms. The minimum atomic E-state index is -0.768. The predicted octanol–water partition coefficient (Wildman–Crippen LogP) is 4.81. The summed E-state index contributed by atoms with van der Waals surface area (Å²) in [6.07, 6.45) is -0.564. The van der Waals surface area contributed by atoms with Crippen LogP contribution in [0, 0.1) is 0 Å². The second kappa shape index (κ2) is 11.3. The molecule has 3 amide bonds. The molecule has 1 fully saturated rings. The molecule has 0 aromatic heterocycles. The topological polar surface area (TPSA) is 134 Å². The molecule has 1 saturated heterocycles. The molecule has 2 rings (SSSR count). The molecule has 1 aromatic carbocycles. The number of carbonyl (C=O) groups excluding carboxylic acids is 3. The molecule has 0 bridgehead atoms. The lowest BCUT2D eigenvalue weighted by molar-refractivity contribution is -0.276. The lowest BCUT2D eigenvalue weighted by Gasteiger charge is -2.52. The molecule has 1 heterocycles. The molecule has 0 atom stereocenters. The Morgan fingerprint density at radius 3 is 1.85 bits per heavy atom. The summed E-state index contributed by atoms with van der Waals surface area (Å²) >= 11 is 0. The summed E-state index contributed by atoms with van der Waals surface area (Å²) in [5.41, 5.74) is 7.63. The Morgan fingerprint density at radius 1 is 1.00 bits per heavy atom. The summed E-state index contributed by atoms with van der Waals surface area (Å²) in [6, 6.07) is 3.36. The van der Waals surface area contributed by atoms with Gasteiger partial charge in [0.1, 0.15) is 11.9 Å². The number of hydrogen-bond acceptors (Lipinski definition) is 7. The van der Waals surface area contributed by atoms with E-state index in [9.17, 15) is 19.5 Å². The zero-order chi connectivity index (χ0) is 30.1. The maximum Gasteiger partial charge on any atom is 0.433 e. The molecule has 1 aromatic rings. The third-order valence-electron chi connectivity index (χ3n) is 6.99. The highest BCUT2D eigenvalue weighted by atomic mass is 16.7. The van der Waals surface area contributed by atoms with Gasteiger partial charge in [-0.15, -0.1) is 0 Å². The van der Waals surface area contributed by atoms with E-state index in [1.54, 1.807) is 19.2 Å². The smallest absolute Gasteiger partial charge is 0.433 e. The van der Waals surface area contributed by atoms with Gasteiger partial charge in [-0.25, -0.2) is 4.79 Å². The number of phenols is 1. The van der Waals surface area contributed by atoms with Gasteiger partial charge < -0.3 is 20.4 Å². The van der Waals surface area contributed by atoms with Gasteiger partial charge in [-0.1, -0.05) is 41.5 Å². The number of aromatic hydroxyl groups is 1. The highest BCUT2D eigenvalue weighted by Crippen LogP contribution is 2.43. The SMILES string of the molecule is CON1C(C)(C)CC(OC(=O)N(NC(=O)CCC(N)=O)c2cc(C(C)(C)C)c(O)c(C(C)(C)C)c2)CC1(C)C. The van der Waals surface area contributed by atoms with Crippen LogP contribution in [0.5, 0.6) is 5.75 Å². The van der Waals surface area contributed by atoms with Crippen molar-refractivity contribution in [1.29, 1.82) is 0 Å². The van der Waals surface area contributed by atoms with E-state index >= 15 is 0 Å². The number of nitrogens with zero attached hydrogens (tertiary/aromatic N) is 2. The molecule has 10 nitrogen and oxygen atoms in total. The first-order chi connectivity index (χ1) is 17.6. The Balaban J connectivity index is 2.56. The van der Waals surface area contributed by atoms with E-state index in [2.05, 4.69) is 5.43 Å². The van der Waals surface area contributed by atoms with Gasteiger partial charge in [0.25, 0.3) is 0 Å². The third-order valence-corrected chi connectivity index (χ3v) is 6.99. The summed E-state index contributed by atoms with van der Waals surface area (Å²) in [5, 5.41) is 14.1. The van der Waals surface area contributed by atoms with Crippen LogP contribution in [0.1, 0.15) is 106 Å². The van der Waals surface area contributed by atoms with Crippen molar-refractivity contribution in [3.8, 4) is 5.75 Å². The largest absolute Gasteiger partial charge is 0.507 e. The Morgan fingerprint density at radius 2 is 1.46 bits per heavy atom. The summed E-state index contributed by atoms with van der Waals surface area (Å²) in [5.74, 6) is -1.05. The van der Waals surface area contributed by atoms with Crippen LogP contribution in [0.4, 0.5) is 10.5 Å². The van der Waals surface area contributed by atoms with Crippen LogP contribution < -0.4 is 16.2 Å². The first-order valence-electron chi connectivity index (χ1n) is 13.4. The maximum absolute atomic E-state index is 13.8. The van der Waals surface area contributed by atoms with Gasteiger partial charge in [-0.05, 0) is 50.7 Å². The van der Waals surface area contributed by atoms with Gasteiger partial charge in [0, 0.05) is 47.9 Å². The highest BCUT2D eigenvalue weighted by Gasteiger charge is 2.48. The van der Waals surface area contributed by atoms with Crippen LogP contribution in [0.3, 0.4) is 0 Å². The number of amides is 3. The number of nitrogens with two attached hydrogens (primary N) is 1. The number of hydrogen-bond donors (Lipinski definition) is 3. The number of piperidine rings is 1. The van der Waals surface area contributed by atoms with Crippen molar-refractivity contribution in [1.82, 2.24) is 10.5 Å². The number of primary amides is 1. The van der Waals surface area contributed by atoms with Crippen molar-refractivity contribution in [2.24, 2.45) is 5.73 Å². The van der Waals surface area contributed by atoms with Crippen LogP contribution in [0.2, 0.25) is 0 Å². The number of phenolic OH excluding ortho intramolecular Hbond substituents is 1. The zero-order valence-electron chi connectivity index (χ0n) is 25.5. The fraction of sp³-hybridized carbons (Fsp3) is 0.690. The number of hydroxylamine groups is 2. The van der Waals surface area contributed by atoms with Crippen molar-refractivity contribution in [3.05, 3.63) is 23.3 Å². The van der Waals surface area contributed by atoms with E-state index < -0.39 is 45.9 Å². The summed E-state index contributed by atoms with van der Waals surface area (Å²) in [6.45, 7) is 19.8. The second-order valence-electron chi connectivity index (χ2n) is 13.7. The summed E-state index contributed by atoms with van der Waals surface area (Å²) < 4.78 is 6.02. The minimum absolute atomic E-state index is 0.141. The fourth-order valence-corrected chi connectivity index (χ4v) is 5.47. The molecule has 39 heavy (non-hydrogen) atoms. The van der Waals surface area contributed by atoms with Crippen molar-refractivity contribution in [2.45, 2.75) is 123 Å². The van der Waals surface area contributed by atoms with Gasteiger partial charge in [0.2, 0.25) is 11.8 Å². The lowest BCUT2D eigenvalue weighted by atomic mass is 9.79. The van der Waals surface area contributed by atoms with Crippen LogP contribution in [-0.2, 0) is 30.0 Å². The van der Waals surface area contributed by atoms with Gasteiger partial charge in [-0.3, -0.25) is 15.0 Å². The first-order valence-corrected chi connectivity index (χ1v) is 13.4. The number of carbonyl (C=O) groups is 3. The second-order valence-corrected chi connectivity index (χ2v) is 13.7. The molecule has 1 aliphatic heterocycles. The number of benzene rings is 1. The molecule has 1 aliphatic rings. The number of ether oxygens (including phenoxy) is 1. The standard InChI is InChI=1S/C29H48N4O6/c1-26(2,3)20-14-18(15-21(24(20)36)27(4,5)6)32(31-23(35)13-12-22(30)34)25(37)39-19-16-28(7,8)33(38-11)29(9,10)17-19/h14-15,19,36H,12-13,16-17H2,1-11H3,(H2,30,34)(H,31,35). The molecule has 0 radical (unpaired) electrons. The molecular weight excluding hydrogens is 500 g/mol. The van der Waals surface area contributed by atoms with Crippen LogP contribution >= 0.6 is 0 Å². The number of anilines is 1. The van der Waals surface area contributed by atoms with Gasteiger partial charge in [-0.2, -0.15) is 10.1 Å². The molecule has 0 saturated carbocycles. The van der Waals surface area contributed by atoms with Gasteiger partial charge >= 0.3 is 6.09 Å². The molecule has 4 N–H and O–H groups in total. The number of nitrogens with one attached hydrogen (secondary N) is 1. The molecule has 0 spiro atoms. The quantitative estimate of drug-likeness (QED) is 0.434. The van der Waals surface area contributed by atoms with Crippen molar-refractivity contribution in [2.75, 3.05) is 12.1 Å². The van der Waals surface area contributed by atoms with Crippen LogP contribution in [0.15, 0.2) is 12.1 Å². The highest BCUT2D eigenvalue weighted by molar-refractivity contribution is 5.93. The number of rotatable bonds is 6. The molecule has 0 aliphatic carbocycles. The number of hydrazine groups is 1. The Labute approximate surface area is 233 Å². The zero-order valence-corrected chi connectivity index (χ0v) is 25.5. The van der Waals surface area contributed by atoms with E-state index in [0.29, 0.717) is 29.7 Å². The lowest BCUT2D eigenvalue weighted by Crippen LogP contribution is -2.62. The average molecular weight is 549 g/mol. The van der Waals surface area contributed by atoms with Crippen LogP contribution in [-0.4, -0.2) is 52.4 Å². The van der Waals surface area contributed by atoms with E-state index in [1.165, 1.54) is 0 Å². The van der Waals surface area contributed by atoms with Gasteiger partial charge in [0.05, 0.1) is 12.8 Å². The van der Waals surface area contributed by atoms with Crippen molar-refractivity contribution >= 4 is 23.6 Å². The van der Waals surface area contributed by atoms with E-state index in [1.807, 2.05) is 74.3 Å². The summed E-state index contributed by atoms with van der Waals surface area (Å²) in [4.78, 5) is 43.5. The van der Waals surface area contributed by atoms with Crippen molar-refractivity contribution < 1.29 is 29.1 Å². The average Bonchev–Trinajstić information content (AvgIpc) is 2.73. The minimum Gasteiger partial charge on any atom is -0.507 e. The fourth-order valence-electron chi connectivity index (χ4n) is 5.47. The van der Waals surface area contributed by atoms with Gasteiger partial charge in [0.15, 0.2) is 0 Å². The van der Waals surface area contributed by atoms with E-state index in [-0.39, 0.29) is 18.6 Å². The molecular formula is C29H48N4O6. The maximum atomic E-state index is 13.8.